The Morgan fingerprint density at radius 3 is 2.42 bits per heavy atom. The molecule has 0 bridgehead atoms. The van der Waals surface area contributed by atoms with Crippen LogP contribution in [-0.4, -0.2) is 12.1 Å². The van der Waals surface area contributed by atoms with E-state index in [1.54, 1.807) is 0 Å². The van der Waals surface area contributed by atoms with Crippen LogP contribution in [0, 0.1) is 5.92 Å². The fourth-order valence-electron chi connectivity index (χ4n) is 1.97. The van der Waals surface area contributed by atoms with Crippen LogP contribution >= 0.6 is 0 Å². The molecular formula is C11H23N. The van der Waals surface area contributed by atoms with Crippen LogP contribution in [0.1, 0.15) is 52.9 Å². The van der Waals surface area contributed by atoms with E-state index in [9.17, 15) is 0 Å². The molecule has 0 spiro atoms. The van der Waals surface area contributed by atoms with E-state index >= 15 is 0 Å². The van der Waals surface area contributed by atoms with Gasteiger partial charge >= 0.3 is 0 Å². The summed E-state index contributed by atoms with van der Waals surface area (Å²) < 4.78 is 0. The van der Waals surface area contributed by atoms with Crippen LogP contribution in [0.3, 0.4) is 0 Å². The van der Waals surface area contributed by atoms with Crippen molar-refractivity contribution in [2.75, 3.05) is 0 Å². The number of rotatable bonds is 6. The first kappa shape index (κ1) is 10.0. The van der Waals surface area contributed by atoms with Crippen molar-refractivity contribution in [1.82, 2.24) is 5.32 Å². The normalized spacial score (nSPS) is 28.0. The van der Waals surface area contributed by atoms with Crippen molar-refractivity contribution in [3.05, 3.63) is 0 Å². The molecule has 1 aliphatic rings. The van der Waals surface area contributed by atoms with E-state index < -0.39 is 0 Å². The maximum absolute atomic E-state index is 3.73. The molecule has 1 aliphatic carbocycles. The summed E-state index contributed by atoms with van der Waals surface area (Å²) in [5.74, 6) is 1.01. The largest absolute Gasteiger partial charge is 0.311 e. The first-order valence-electron chi connectivity index (χ1n) is 5.57. The third-order valence-corrected chi connectivity index (χ3v) is 3.02. The maximum atomic E-state index is 3.73. The predicted molar refractivity (Wildman–Crippen MR) is 54.3 cm³/mol. The van der Waals surface area contributed by atoms with Gasteiger partial charge < -0.3 is 5.32 Å². The SMILES string of the molecule is CCCC1CC1NC(CC)CC. The highest BCUT2D eigenvalue weighted by Crippen LogP contribution is 2.35. The number of hydrogen-bond acceptors (Lipinski definition) is 1. The Bertz CT molecular complexity index is 118. The molecule has 0 aromatic rings. The Morgan fingerprint density at radius 1 is 1.25 bits per heavy atom. The van der Waals surface area contributed by atoms with Crippen molar-refractivity contribution in [1.29, 1.82) is 0 Å². The van der Waals surface area contributed by atoms with Gasteiger partial charge in [0.25, 0.3) is 0 Å². The standard InChI is InChI=1S/C11H23N/c1-4-7-9-8-11(9)12-10(5-2)6-3/h9-12H,4-8H2,1-3H3. The molecule has 1 rings (SSSR count). The van der Waals surface area contributed by atoms with Crippen molar-refractivity contribution < 1.29 is 0 Å². The summed E-state index contributed by atoms with van der Waals surface area (Å²) in [5.41, 5.74) is 0. The molecule has 1 fully saturated rings. The second-order valence-corrected chi connectivity index (χ2v) is 4.07. The van der Waals surface area contributed by atoms with Gasteiger partial charge in [-0.1, -0.05) is 27.2 Å². The molecule has 72 valence electrons. The quantitative estimate of drug-likeness (QED) is 0.644. The Hall–Kier alpha value is -0.0400. The van der Waals surface area contributed by atoms with E-state index in [0.717, 1.165) is 18.0 Å². The lowest BCUT2D eigenvalue weighted by Gasteiger charge is -2.14. The monoisotopic (exact) mass is 169 g/mol. The zero-order valence-corrected chi connectivity index (χ0v) is 8.77. The first-order chi connectivity index (χ1) is 5.81. The van der Waals surface area contributed by atoms with Gasteiger partial charge in [0.15, 0.2) is 0 Å². The maximum Gasteiger partial charge on any atom is 0.0102 e. The molecule has 2 unspecified atom stereocenters. The minimum atomic E-state index is 0.775. The average molecular weight is 169 g/mol. The van der Waals surface area contributed by atoms with Crippen LogP contribution in [-0.2, 0) is 0 Å². The van der Waals surface area contributed by atoms with Gasteiger partial charge in [0.1, 0.15) is 0 Å². The third kappa shape index (κ3) is 2.78. The Balaban J connectivity index is 2.09. The van der Waals surface area contributed by atoms with Crippen LogP contribution in [0.15, 0.2) is 0 Å². The van der Waals surface area contributed by atoms with E-state index in [1.807, 2.05) is 0 Å². The fourth-order valence-corrected chi connectivity index (χ4v) is 1.97. The summed E-state index contributed by atoms with van der Waals surface area (Å²) in [5, 5.41) is 3.73. The van der Waals surface area contributed by atoms with Crippen LogP contribution in [0.25, 0.3) is 0 Å². The summed E-state index contributed by atoms with van der Waals surface area (Å²) in [6.07, 6.45) is 6.78. The van der Waals surface area contributed by atoms with Crippen molar-refractivity contribution in [2.24, 2.45) is 5.92 Å². The van der Waals surface area contributed by atoms with E-state index in [1.165, 1.54) is 32.1 Å². The second-order valence-electron chi connectivity index (χ2n) is 4.07. The molecule has 0 aromatic carbocycles. The highest BCUT2D eigenvalue weighted by Gasteiger charge is 2.36. The average Bonchev–Trinajstić information content (AvgIpc) is 2.80. The molecule has 0 aliphatic heterocycles. The molecule has 0 radical (unpaired) electrons. The number of nitrogens with one attached hydrogen (secondary N) is 1. The fraction of sp³-hybridized carbons (Fsp3) is 1.00. The minimum Gasteiger partial charge on any atom is -0.311 e. The van der Waals surface area contributed by atoms with E-state index in [4.69, 9.17) is 0 Å². The highest BCUT2D eigenvalue weighted by atomic mass is 15.0. The Labute approximate surface area is 76.9 Å². The van der Waals surface area contributed by atoms with E-state index in [-0.39, 0.29) is 0 Å². The van der Waals surface area contributed by atoms with Gasteiger partial charge in [-0.3, -0.25) is 0 Å². The lowest BCUT2D eigenvalue weighted by Crippen LogP contribution is -2.30. The Morgan fingerprint density at radius 2 is 1.92 bits per heavy atom. The molecule has 2 atom stereocenters. The molecule has 1 nitrogen and oxygen atoms in total. The van der Waals surface area contributed by atoms with Gasteiger partial charge in [-0.05, 0) is 31.6 Å². The Kier molecular flexibility index (Phi) is 4.07. The van der Waals surface area contributed by atoms with Crippen LogP contribution < -0.4 is 5.32 Å². The summed E-state index contributed by atoms with van der Waals surface area (Å²) in [6.45, 7) is 6.84. The summed E-state index contributed by atoms with van der Waals surface area (Å²) >= 11 is 0. The zero-order chi connectivity index (χ0) is 8.97. The minimum absolute atomic E-state index is 0.775. The van der Waals surface area contributed by atoms with Crippen molar-refractivity contribution in [2.45, 2.75) is 65.0 Å². The molecule has 12 heavy (non-hydrogen) atoms. The molecule has 0 aromatic heterocycles. The van der Waals surface area contributed by atoms with Crippen molar-refractivity contribution in [3.8, 4) is 0 Å². The molecule has 0 saturated heterocycles. The van der Waals surface area contributed by atoms with Crippen LogP contribution in [0.5, 0.6) is 0 Å². The van der Waals surface area contributed by atoms with Gasteiger partial charge in [-0.15, -0.1) is 0 Å². The molecule has 1 N–H and O–H groups in total. The van der Waals surface area contributed by atoms with E-state index in [2.05, 4.69) is 26.1 Å². The van der Waals surface area contributed by atoms with Gasteiger partial charge in [0.05, 0.1) is 0 Å². The summed E-state index contributed by atoms with van der Waals surface area (Å²) in [4.78, 5) is 0. The van der Waals surface area contributed by atoms with Gasteiger partial charge in [0.2, 0.25) is 0 Å². The molecule has 0 amide bonds. The summed E-state index contributed by atoms with van der Waals surface area (Å²) in [6, 6.07) is 1.65. The lowest BCUT2D eigenvalue weighted by atomic mass is 10.1. The predicted octanol–water partition coefficient (Wildman–Crippen LogP) is 2.95. The van der Waals surface area contributed by atoms with Crippen LogP contribution in [0.4, 0.5) is 0 Å². The van der Waals surface area contributed by atoms with E-state index in [0.29, 0.717) is 0 Å². The van der Waals surface area contributed by atoms with Gasteiger partial charge in [-0.25, -0.2) is 0 Å². The highest BCUT2D eigenvalue weighted by molar-refractivity contribution is 4.94. The molecular weight excluding hydrogens is 146 g/mol. The molecule has 1 saturated carbocycles. The summed E-state index contributed by atoms with van der Waals surface area (Å²) in [7, 11) is 0. The first-order valence-corrected chi connectivity index (χ1v) is 5.57. The smallest absolute Gasteiger partial charge is 0.0102 e. The van der Waals surface area contributed by atoms with Gasteiger partial charge in [0, 0.05) is 12.1 Å². The lowest BCUT2D eigenvalue weighted by molar-refractivity contribution is 0.462. The van der Waals surface area contributed by atoms with Crippen LogP contribution in [0.2, 0.25) is 0 Å². The van der Waals surface area contributed by atoms with Gasteiger partial charge in [-0.2, -0.15) is 0 Å². The molecule has 0 heterocycles. The van der Waals surface area contributed by atoms with Crippen molar-refractivity contribution >= 4 is 0 Å². The number of hydrogen-bond donors (Lipinski definition) is 1. The zero-order valence-electron chi connectivity index (χ0n) is 8.77. The molecule has 1 heteroatoms. The second kappa shape index (κ2) is 4.86. The van der Waals surface area contributed by atoms with Crippen molar-refractivity contribution in [3.63, 3.8) is 0 Å². The topological polar surface area (TPSA) is 12.0 Å². The third-order valence-electron chi connectivity index (χ3n) is 3.02.